The van der Waals surface area contributed by atoms with Crippen molar-refractivity contribution in [3.63, 3.8) is 0 Å². The molecule has 0 aromatic carbocycles. The van der Waals surface area contributed by atoms with Crippen LogP contribution in [0.4, 0.5) is 0 Å². The lowest BCUT2D eigenvalue weighted by Gasteiger charge is -2.18. The number of aryl methyl sites for hydroxylation is 1. The number of aliphatic carboxylic acids is 1. The summed E-state index contributed by atoms with van der Waals surface area (Å²) in [5, 5.41) is 8.93. The fraction of sp³-hybridized carbons (Fsp3) is 0.429. The number of pyridine rings is 1. The molecule has 0 aliphatic carbocycles. The third-order valence-corrected chi connectivity index (χ3v) is 3.00. The molecule has 20 heavy (non-hydrogen) atoms. The number of carbonyl (C=O) groups is 1. The van der Waals surface area contributed by atoms with Gasteiger partial charge in [0.25, 0.3) is 0 Å². The van der Waals surface area contributed by atoms with Gasteiger partial charge in [-0.15, -0.1) is 0 Å². The summed E-state index contributed by atoms with van der Waals surface area (Å²) in [6, 6.07) is 3.96. The van der Waals surface area contributed by atoms with E-state index in [0.29, 0.717) is 19.7 Å². The van der Waals surface area contributed by atoms with Crippen molar-refractivity contribution in [1.29, 1.82) is 0 Å². The summed E-state index contributed by atoms with van der Waals surface area (Å²) in [4.78, 5) is 17.2. The summed E-state index contributed by atoms with van der Waals surface area (Å²) in [5.41, 5.74) is 2.88. The van der Waals surface area contributed by atoms with Gasteiger partial charge < -0.3 is 14.2 Å². The van der Waals surface area contributed by atoms with Crippen molar-refractivity contribution in [2.24, 2.45) is 0 Å². The number of fused-ring (bicyclic) bond motifs is 1. The molecule has 0 radical (unpaired) electrons. The molecule has 108 valence electrons. The van der Waals surface area contributed by atoms with E-state index in [1.54, 1.807) is 12.0 Å². The van der Waals surface area contributed by atoms with E-state index < -0.39 is 5.97 Å². The number of nitrogens with zero attached hydrogens (tertiary/aromatic N) is 3. The van der Waals surface area contributed by atoms with Crippen molar-refractivity contribution >= 4 is 11.6 Å². The first-order valence-corrected chi connectivity index (χ1v) is 6.46. The van der Waals surface area contributed by atoms with Crippen LogP contribution in [0, 0.1) is 6.92 Å². The van der Waals surface area contributed by atoms with Gasteiger partial charge in [-0.3, -0.25) is 9.69 Å². The molecule has 0 unspecified atom stereocenters. The van der Waals surface area contributed by atoms with Crippen LogP contribution in [0.15, 0.2) is 24.5 Å². The van der Waals surface area contributed by atoms with Crippen LogP contribution in [0.1, 0.15) is 11.3 Å². The quantitative estimate of drug-likeness (QED) is 0.823. The molecule has 0 saturated carbocycles. The molecule has 0 spiro atoms. The summed E-state index contributed by atoms with van der Waals surface area (Å²) < 4.78 is 6.96. The zero-order valence-electron chi connectivity index (χ0n) is 11.7. The second kappa shape index (κ2) is 6.49. The van der Waals surface area contributed by atoms with Crippen LogP contribution in [0.2, 0.25) is 0 Å². The second-order valence-corrected chi connectivity index (χ2v) is 4.80. The maximum atomic E-state index is 10.9. The average Bonchev–Trinajstić information content (AvgIpc) is 2.76. The Balaban J connectivity index is 2.12. The summed E-state index contributed by atoms with van der Waals surface area (Å²) >= 11 is 0. The predicted octanol–water partition coefficient (Wildman–Crippen LogP) is 1.18. The van der Waals surface area contributed by atoms with E-state index in [4.69, 9.17) is 9.84 Å². The highest BCUT2D eigenvalue weighted by Crippen LogP contribution is 2.09. The highest BCUT2D eigenvalue weighted by atomic mass is 16.5. The number of hydrogen-bond acceptors (Lipinski definition) is 4. The lowest BCUT2D eigenvalue weighted by Crippen LogP contribution is -2.32. The molecule has 0 fully saturated rings. The van der Waals surface area contributed by atoms with Gasteiger partial charge in [-0.25, -0.2) is 4.98 Å². The smallest absolute Gasteiger partial charge is 0.317 e. The summed E-state index contributed by atoms with van der Waals surface area (Å²) in [6.07, 6.45) is 3.94. The van der Waals surface area contributed by atoms with Crippen molar-refractivity contribution in [3.05, 3.63) is 35.8 Å². The van der Waals surface area contributed by atoms with Crippen molar-refractivity contribution in [2.75, 3.05) is 26.8 Å². The Bertz CT molecular complexity index is 594. The van der Waals surface area contributed by atoms with E-state index in [9.17, 15) is 4.79 Å². The van der Waals surface area contributed by atoms with Gasteiger partial charge in [-0.1, -0.05) is 6.07 Å². The number of methoxy groups -OCH3 is 1. The highest BCUT2D eigenvalue weighted by molar-refractivity contribution is 5.69. The Morgan fingerprint density at radius 2 is 2.25 bits per heavy atom. The van der Waals surface area contributed by atoms with Crippen LogP contribution in [0.3, 0.4) is 0 Å². The monoisotopic (exact) mass is 277 g/mol. The van der Waals surface area contributed by atoms with Crippen molar-refractivity contribution in [1.82, 2.24) is 14.3 Å². The Morgan fingerprint density at radius 1 is 1.45 bits per heavy atom. The highest BCUT2D eigenvalue weighted by Gasteiger charge is 2.12. The first-order valence-electron chi connectivity index (χ1n) is 6.46. The topological polar surface area (TPSA) is 67.1 Å². The number of carboxylic acid groups (broad SMARTS) is 1. The SMILES string of the molecule is COCCN(CC(=O)O)Cc1cn2cc(C)ccc2n1. The minimum atomic E-state index is -0.847. The lowest BCUT2D eigenvalue weighted by atomic mass is 10.3. The van der Waals surface area contributed by atoms with Crippen LogP contribution < -0.4 is 0 Å². The van der Waals surface area contributed by atoms with Crippen molar-refractivity contribution in [2.45, 2.75) is 13.5 Å². The molecule has 0 atom stereocenters. The van der Waals surface area contributed by atoms with E-state index in [2.05, 4.69) is 4.98 Å². The van der Waals surface area contributed by atoms with Gasteiger partial charge in [-0.05, 0) is 18.6 Å². The number of carboxylic acids is 1. The van der Waals surface area contributed by atoms with Gasteiger partial charge in [0.2, 0.25) is 0 Å². The van der Waals surface area contributed by atoms with Crippen molar-refractivity contribution in [3.8, 4) is 0 Å². The normalized spacial score (nSPS) is 11.3. The fourth-order valence-electron chi connectivity index (χ4n) is 2.09. The molecule has 6 nitrogen and oxygen atoms in total. The summed E-state index contributed by atoms with van der Waals surface area (Å²) in [7, 11) is 1.60. The zero-order chi connectivity index (χ0) is 14.5. The van der Waals surface area contributed by atoms with E-state index in [1.807, 2.05) is 35.9 Å². The molecular formula is C14H19N3O3. The minimum Gasteiger partial charge on any atom is -0.480 e. The van der Waals surface area contributed by atoms with Crippen LogP contribution in [-0.4, -0.2) is 52.2 Å². The maximum absolute atomic E-state index is 10.9. The minimum absolute atomic E-state index is 0.0176. The lowest BCUT2D eigenvalue weighted by molar-refractivity contribution is -0.138. The van der Waals surface area contributed by atoms with E-state index in [-0.39, 0.29) is 6.54 Å². The van der Waals surface area contributed by atoms with Gasteiger partial charge in [-0.2, -0.15) is 0 Å². The Hall–Kier alpha value is -1.92. The van der Waals surface area contributed by atoms with Crippen LogP contribution in [0.5, 0.6) is 0 Å². The van der Waals surface area contributed by atoms with Crippen LogP contribution >= 0.6 is 0 Å². The van der Waals surface area contributed by atoms with Crippen LogP contribution in [-0.2, 0) is 16.1 Å². The molecule has 0 bridgehead atoms. The molecule has 0 aliphatic heterocycles. The number of hydrogen-bond donors (Lipinski definition) is 1. The average molecular weight is 277 g/mol. The van der Waals surface area contributed by atoms with Crippen molar-refractivity contribution < 1.29 is 14.6 Å². The van der Waals surface area contributed by atoms with Gasteiger partial charge in [0.05, 0.1) is 18.8 Å². The molecule has 2 heterocycles. The molecule has 0 saturated heterocycles. The molecule has 2 aromatic rings. The number of imidazole rings is 1. The first kappa shape index (κ1) is 14.5. The van der Waals surface area contributed by atoms with E-state index >= 15 is 0 Å². The molecule has 0 aliphatic rings. The molecule has 2 rings (SSSR count). The zero-order valence-corrected chi connectivity index (χ0v) is 11.7. The first-order chi connectivity index (χ1) is 9.58. The van der Waals surface area contributed by atoms with Gasteiger partial charge >= 0.3 is 5.97 Å². The molecular weight excluding hydrogens is 258 g/mol. The Morgan fingerprint density at radius 3 is 2.95 bits per heavy atom. The van der Waals surface area contributed by atoms with Gasteiger partial charge in [0, 0.05) is 32.6 Å². The number of ether oxygens (including phenoxy) is 1. The fourth-order valence-corrected chi connectivity index (χ4v) is 2.09. The molecule has 2 aromatic heterocycles. The standard InChI is InChI=1S/C14H19N3O3/c1-11-3-4-13-15-12(9-17(13)7-11)8-16(5-6-20-2)10-14(18)19/h3-4,7,9H,5-6,8,10H2,1-2H3,(H,18,19). The summed E-state index contributed by atoms with van der Waals surface area (Å²) in [5.74, 6) is -0.847. The Labute approximate surface area is 117 Å². The second-order valence-electron chi connectivity index (χ2n) is 4.80. The predicted molar refractivity (Wildman–Crippen MR) is 74.7 cm³/mol. The third kappa shape index (κ3) is 3.79. The maximum Gasteiger partial charge on any atom is 0.317 e. The number of aromatic nitrogens is 2. The number of rotatable bonds is 7. The Kier molecular flexibility index (Phi) is 4.70. The van der Waals surface area contributed by atoms with E-state index in [0.717, 1.165) is 16.9 Å². The van der Waals surface area contributed by atoms with E-state index in [1.165, 1.54) is 0 Å². The van der Waals surface area contributed by atoms with Gasteiger partial charge in [0.1, 0.15) is 5.65 Å². The summed E-state index contributed by atoms with van der Waals surface area (Å²) in [6.45, 7) is 3.57. The van der Waals surface area contributed by atoms with Crippen LogP contribution in [0.25, 0.3) is 5.65 Å². The molecule has 0 amide bonds. The largest absolute Gasteiger partial charge is 0.480 e. The molecule has 1 N–H and O–H groups in total. The molecule has 6 heteroatoms. The van der Waals surface area contributed by atoms with Gasteiger partial charge in [0.15, 0.2) is 0 Å². The third-order valence-electron chi connectivity index (χ3n) is 3.00.